The Balaban J connectivity index is 0.000000172. The third-order valence-corrected chi connectivity index (χ3v) is 17.1. The Kier molecular flexibility index (Phi) is 12.5. The maximum absolute atomic E-state index is 10.9. The Hall–Kier alpha value is -1.65. The van der Waals surface area contributed by atoms with Crippen molar-refractivity contribution in [2.75, 3.05) is 7.11 Å². The van der Waals surface area contributed by atoms with E-state index in [4.69, 9.17) is 29.0 Å². The Labute approximate surface area is 337 Å². The molecule has 2 aromatic carbocycles. The van der Waals surface area contributed by atoms with Gasteiger partial charge in [0.1, 0.15) is 11.5 Å². The SMILES string of the molecule is CC/C(=C(/CC)c1ccc(OP(=O)(O)O)cc1)c1ccc(OP(=O)(O)O)cc1.COC1(O[C@H]2CC[C@H]3[C@@H]4CC[C@H]5C[C@@H]6S[C@@H]6C[C@]5(C)[C@H]4CC[C@]23C)CCCC1. The lowest BCUT2D eigenvalue weighted by Crippen LogP contribution is -2.55. The number of ether oxygens (including phenoxy) is 2. The first kappa shape index (κ1) is 42.5. The van der Waals surface area contributed by atoms with Gasteiger partial charge in [0.05, 0.1) is 6.10 Å². The highest BCUT2D eigenvalue weighted by Crippen LogP contribution is 2.70. The molecule has 0 unspecified atom stereocenters. The first-order valence-electron chi connectivity index (χ1n) is 20.8. The number of hydrogen-bond donors (Lipinski definition) is 4. The van der Waals surface area contributed by atoms with Crippen LogP contribution in [0.3, 0.4) is 0 Å². The van der Waals surface area contributed by atoms with Crippen LogP contribution in [0.1, 0.15) is 129 Å². The fraction of sp³-hybridized carbons (Fsp3) is 0.674. The van der Waals surface area contributed by atoms with E-state index in [1.54, 1.807) is 30.7 Å². The predicted octanol–water partition coefficient (Wildman–Crippen LogP) is 10.8. The summed E-state index contributed by atoms with van der Waals surface area (Å²) in [6.45, 7) is 9.31. The van der Waals surface area contributed by atoms with E-state index >= 15 is 0 Å². The van der Waals surface area contributed by atoms with Crippen molar-refractivity contribution < 1.29 is 47.2 Å². The molecule has 13 heteroatoms. The molecule has 5 aliphatic carbocycles. The summed E-state index contributed by atoms with van der Waals surface area (Å²) in [7, 11) is -7.33. The third kappa shape index (κ3) is 8.93. The molecule has 0 radical (unpaired) electrons. The molecule has 8 rings (SSSR count). The van der Waals surface area contributed by atoms with Gasteiger partial charge in [-0.2, -0.15) is 11.8 Å². The number of allylic oxidation sites excluding steroid dienone is 2. The molecular formula is C43H62O10P2S. The average Bonchev–Trinajstić information content (AvgIpc) is 3.56. The molecule has 2 aromatic rings. The van der Waals surface area contributed by atoms with Gasteiger partial charge in [-0.15, -0.1) is 0 Å². The van der Waals surface area contributed by atoms with Crippen LogP contribution in [-0.4, -0.2) is 49.1 Å². The summed E-state index contributed by atoms with van der Waals surface area (Å²) in [5, 5.41) is 2.07. The molecule has 1 aliphatic heterocycles. The van der Waals surface area contributed by atoms with E-state index in [0.717, 1.165) is 69.3 Å². The van der Waals surface area contributed by atoms with Gasteiger partial charge >= 0.3 is 15.6 Å². The number of phosphoric ester groups is 2. The molecule has 6 aliphatic rings. The smallest absolute Gasteiger partial charge is 0.404 e. The van der Waals surface area contributed by atoms with Crippen LogP contribution in [0.2, 0.25) is 0 Å². The second kappa shape index (κ2) is 16.4. The Morgan fingerprint density at radius 1 is 0.714 bits per heavy atom. The molecule has 1 saturated heterocycles. The first-order chi connectivity index (χ1) is 26.5. The molecule has 9 atom stereocenters. The van der Waals surface area contributed by atoms with E-state index in [1.807, 2.05) is 21.0 Å². The lowest BCUT2D eigenvalue weighted by atomic mass is 9.45. The minimum atomic E-state index is -4.61. The van der Waals surface area contributed by atoms with Crippen LogP contribution in [0.15, 0.2) is 48.5 Å². The van der Waals surface area contributed by atoms with E-state index in [9.17, 15) is 9.13 Å². The van der Waals surface area contributed by atoms with Crippen LogP contribution < -0.4 is 9.05 Å². The molecule has 310 valence electrons. The van der Waals surface area contributed by atoms with Gasteiger partial charge in [0.2, 0.25) is 0 Å². The van der Waals surface area contributed by atoms with Crippen LogP contribution in [0.4, 0.5) is 0 Å². The highest BCUT2D eigenvalue weighted by atomic mass is 32.2. The summed E-state index contributed by atoms with van der Waals surface area (Å²) in [6.07, 6.45) is 18.2. The van der Waals surface area contributed by atoms with Gasteiger partial charge in [-0.3, -0.25) is 19.6 Å². The molecule has 0 aromatic heterocycles. The zero-order valence-electron chi connectivity index (χ0n) is 33.6. The van der Waals surface area contributed by atoms with E-state index in [0.29, 0.717) is 29.8 Å². The van der Waals surface area contributed by atoms with Crippen molar-refractivity contribution in [2.45, 2.75) is 140 Å². The zero-order valence-corrected chi connectivity index (χ0v) is 36.2. The summed E-state index contributed by atoms with van der Waals surface area (Å²) in [5.74, 6) is 3.77. The van der Waals surface area contributed by atoms with Crippen molar-refractivity contribution in [3.05, 3.63) is 59.7 Å². The number of benzene rings is 2. The van der Waals surface area contributed by atoms with Crippen molar-refractivity contribution in [1.82, 2.24) is 0 Å². The third-order valence-electron chi connectivity index (χ3n) is 14.8. The first-order valence-corrected chi connectivity index (χ1v) is 24.8. The van der Waals surface area contributed by atoms with Crippen molar-refractivity contribution in [3.63, 3.8) is 0 Å². The largest absolute Gasteiger partial charge is 0.524 e. The Bertz CT molecular complexity index is 1740. The quantitative estimate of drug-likeness (QED) is 0.0741. The fourth-order valence-corrected chi connectivity index (χ4v) is 14.3. The topological polar surface area (TPSA) is 152 Å². The average molecular weight is 833 g/mol. The molecule has 0 spiro atoms. The minimum Gasteiger partial charge on any atom is -0.404 e. The number of fused-ring (bicyclic) bond motifs is 6. The van der Waals surface area contributed by atoms with E-state index in [1.165, 1.54) is 82.1 Å². The predicted molar refractivity (Wildman–Crippen MR) is 221 cm³/mol. The number of phosphoric acid groups is 2. The number of rotatable bonds is 11. The number of thioether (sulfide) groups is 1. The van der Waals surface area contributed by atoms with Gasteiger partial charge in [-0.1, -0.05) is 52.0 Å². The molecule has 6 fully saturated rings. The summed E-state index contributed by atoms with van der Waals surface area (Å²) < 4.78 is 43.9. The van der Waals surface area contributed by atoms with E-state index in [2.05, 4.69) is 34.7 Å². The van der Waals surface area contributed by atoms with E-state index in [-0.39, 0.29) is 17.3 Å². The van der Waals surface area contributed by atoms with Gasteiger partial charge in [0.15, 0.2) is 5.79 Å². The lowest BCUT2D eigenvalue weighted by molar-refractivity contribution is -0.264. The minimum absolute atomic E-state index is 0.0736. The van der Waals surface area contributed by atoms with Crippen LogP contribution in [0.5, 0.6) is 11.5 Å². The van der Waals surface area contributed by atoms with Gasteiger partial charge in [-0.25, -0.2) is 9.13 Å². The molecule has 5 saturated carbocycles. The molecule has 0 bridgehead atoms. The van der Waals surface area contributed by atoms with Crippen LogP contribution in [-0.2, 0) is 18.6 Å². The molecule has 4 N–H and O–H groups in total. The Morgan fingerprint density at radius 2 is 1.25 bits per heavy atom. The second-order valence-electron chi connectivity index (χ2n) is 17.7. The van der Waals surface area contributed by atoms with Crippen molar-refractivity contribution in [2.24, 2.45) is 34.5 Å². The van der Waals surface area contributed by atoms with Crippen LogP contribution in [0, 0.1) is 34.5 Å². The molecular weight excluding hydrogens is 770 g/mol. The molecule has 1 heterocycles. The maximum Gasteiger partial charge on any atom is 0.524 e. The van der Waals surface area contributed by atoms with Gasteiger partial charge in [-0.05, 0) is 158 Å². The summed E-state index contributed by atoms with van der Waals surface area (Å²) >= 11 is 2.31. The van der Waals surface area contributed by atoms with Crippen LogP contribution >= 0.6 is 27.4 Å². The fourth-order valence-electron chi connectivity index (χ4n) is 12.1. The molecule has 56 heavy (non-hydrogen) atoms. The van der Waals surface area contributed by atoms with Crippen molar-refractivity contribution in [1.29, 1.82) is 0 Å². The van der Waals surface area contributed by atoms with Gasteiger partial charge in [0.25, 0.3) is 0 Å². The normalized spacial score (nSPS) is 34.8. The monoisotopic (exact) mass is 832 g/mol. The highest BCUT2D eigenvalue weighted by molar-refractivity contribution is 8.07. The second-order valence-corrected chi connectivity index (χ2v) is 21.5. The summed E-state index contributed by atoms with van der Waals surface area (Å²) in [4.78, 5) is 35.5. The lowest BCUT2D eigenvalue weighted by Gasteiger charge is -2.60. The molecule has 10 nitrogen and oxygen atoms in total. The highest BCUT2D eigenvalue weighted by Gasteiger charge is 2.64. The van der Waals surface area contributed by atoms with Gasteiger partial charge < -0.3 is 18.5 Å². The maximum atomic E-state index is 10.9. The van der Waals surface area contributed by atoms with Crippen molar-refractivity contribution >= 4 is 38.6 Å². The number of hydrogen-bond acceptors (Lipinski definition) is 7. The van der Waals surface area contributed by atoms with Crippen LogP contribution in [0.25, 0.3) is 11.1 Å². The van der Waals surface area contributed by atoms with E-state index < -0.39 is 15.6 Å². The Morgan fingerprint density at radius 3 is 1.75 bits per heavy atom. The standard InChI is InChI=1S/C25H40O2S.C18H22O8P2/c1-23-13-10-19-17(7-6-16-14-20-21(28-20)15-24(16,19)2)18(23)8-9-22(23)27-25(26-3)11-4-5-12-25;1-3-17(13-5-9-15(10-6-13)25-27(19,20)21)18(4-2)14-7-11-16(12-8-14)26-28(22,23)24/h16-22H,4-15H2,1-3H3;5-12H,3-4H2,1-2H3,(H2,19,20,21)(H2,22,23,24)/b;18-17+/t16-,17-,18-,19-,20-,21+,22-,23-,24-;/m0./s1. The van der Waals surface area contributed by atoms with Crippen molar-refractivity contribution in [3.8, 4) is 11.5 Å². The zero-order chi connectivity index (χ0) is 40.1. The number of methoxy groups -OCH3 is 1. The van der Waals surface area contributed by atoms with Gasteiger partial charge in [0, 0.05) is 30.5 Å². The summed E-state index contributed by atoms with van der Waals surface area (Å²) in [6, 6.07) is 12.9. The summed E-state index contributed by atoms with van der Waals surface area (Å²) in [5.41, 5.74) is 4.88. The molecule has 0 amide bonds.